The molecule has 4 heteroatoms. The number of aryl methyl sites for hydroxylation is 1. The number of rotatable bonds is 3. The second-order valence-electron chi connectivity index (χ2n) is 4.92. The molecule has 0 atom stereocenters. The predicted molar refractivity (Wildman–Crippen MR) is 71.5 cm³/mol. The predicted octanol–water partition coefficient (Wildman–Crippen LogP) is 3.13. The molecule has 0 bridgehead atoms. The van der Waals surface area contributed by atoms with Gasteiger partial charge in [-0.3, -0.25) is 4.40 Å². The van der Waals surface area contributed by atoms with Gasteiger partial charge in [-0.25, -0.2) is 4.98 Å². The molecule has 0 unspecified atom stereocenters. The second kappa shape index (κ2) is 4.78. The van der Waals surface area contributed by atoms with E-state index in [1.54, 1.807) is 11.3 Å². The van der Waals surface area contributed by atoms with Crippen molar-refractivity contribution >= 4 is 16.3 Å². The van der Waals surface area contributed by atoms with Crippen LogP contribution in [0.2, 0.25) is 0 Å². The van der Waals surface area contributed by atoms with Crippen molar-refractivity contribution in [2.75, 3.05) is 0 Å². The number of thiazole rings is 1. The van der Waals surface area contributed by atoms with E-state index in [0.717, 1.165) is 11.5 Å². The van der Waals surface area contributed by atoms with Crippen molar-refractivity contribution < 1.29 is 0 Å². The molecule has 92 valence electrons. The maximum absolute atomic E-state index is 4.58. The van der Waals surface area contributed by atoms with Crippen LogP contribution in [0.25, 0.3) is 4.96 Å². The lowest BCUT2D eigenvalue weighted by Gasteiger charge is -2.22. The Bertz CT molecular complexity index is 494. The molecule has 2 aromatic heterocycles. The summed E-state index contributed by atoms with van der Waals surface area (Å²) >= 11 is 1.71. The quantitative estimate of drug-likeness (QED) is 0.905. The molecule has 1 N–H and O–H groups in total. The Hall–Kier alpha value is -0.870. The molecular weight excluding hydrogens is 230 g/mol. The van der Waals surface area contributed by atoms with Crippen LogP contribution in [0, 0.1) is 6.92 Å². The van der Waals surface area contributed by atoms with Gasteiger partial charge in [-0.15, -0.1) is 11.3 Å². The summed E-state index contributed by atoms with van der Waals surface area (Å²) in [7, 11) is 0. The van der Waals surface area contributed by atoms with Crippen LogP contribution < -0.4 is 5.32 Å². The smallest absolute Gasteiger partial charge is 0.194 e. The Morgan fingerprint density at radius 2 is 2.24 bits per heavy atom. The molecule has 3 nitrogen and oxygen atoms in total. The van der Waals surface area contributed by atoms with E-state index in [2.05, 4.69) is 33.2 Å². The highest BCUT2D eigenvalue weighted by Gasteiger charge is 2.15. The zero-order chi connectivity index (χ0) is 11.7. The van der Waals surface area contributed by atoms with Crippen molar-refractivity contribution in [1.82, 2.24) is 14.7 Å². The first-order chi connectivity index (χ1) is 8.34. The molecule has 1 fully saturated rings. The first-order valence-electron chi connectivity index (χ1n) is 6.49. The molecule has 0 aromatic carbocycles. The number of imidazole rings is 1. The average Bonchev–Trinajstić information content (AvgIpc) is 2.89. The van der Waals surface area contributed by atoms with Gasteiger partial charge < -0.3 is 5.32 Å². The van der Waals surface area contributed by atoms with Crippen LogP contribution in [0.5, 0.6) is 0 Å². The maximum atomic E-state index is 4.58. The number of hydrogen-bond acceptors (Lipinski definition) is 3. The van der Waals surface area contributed by atoms with Crippen LogP contribution in [-0.2, 0) is 6.54 Å². The fourth-order valence-electron chi connectivity index (χ4n) is 2.70. The lowest BCUT2D eigenvalue weighted by Crippen LogP contribution is -2.31. The van der Waals surface area contributed by atoms with Crippen molar-refractivity contribution in [2.45, 2.75) is 51.6 Å². The van der Waals surface area contributed by atoms with Crippen LogP contribution in [0.1, 0.15) is 43.5 Å². The third kappa shape index (κ3) is 2.24. The minimum Gasteiger partial charge on any atom is -0.308 e. The molecule has 2 heterocycles. The van der Waals surface area contributed by atoms with E-state index in [4.69, 9.17) is 0 Å². The van der Waals surface area contributed by atoms with E-state index in [1.807, 2.05) is 0 Å². The van der Waals surface area contributed by atoms with Gasteiger partial charge >= 0.3 is 0 Å². The van der Waals surface area contributed by atoms with Crippen molar-refractivity contribution in [3.8, 4) is 0 Å². The van der Waals surface area contributed by atoms with Crippen molar-refractivity contribution in [2.24, 2.45) is 0 Å². The number of hydrogen-bond donors (Lipinski definition) is 1. The van der Waals surface area contributed by atoms with Crippen molar-refractivity contribution in [1.29, 1.82) is 0 Å². The summed E-state index contributed by atoms with van der Waals surface area (Å²) in [4.78, 5) is 5.69. The largest absolute Gasteiger partial charge is 0.308 e. The van der Waals surface area contributed by atoms with Gasteiger partial charge in [0, 0.05) is 24.2 Å². The average molecular weight is 249 g/mol. The molecule has 0 radical (unpaired) electrons. The van der Waals surface area contributed by atoms with Crippen molar-refractivity contribution in [3.63, 3.8) is 0 Å². The molecular formula is C13H19N3S. The lowest BCUT2D eigenvalue weighted by atomic mass is 9.95. The summed E-state index contributed by atoms with van der Waals surface area (Å²) in [5, 5.41) is 5.79. The molecule has 1 aliphatic carbocycles. The Balaban J connectivity index is 1.71. The third-order valence-corrected chi connectivity index (χ3v) is 4.48. The lowest BCUT2D eigenvalue weighted by molar-refractivity contribution is 0.370. The van der Waals surface area contributed by atoms with Crippen LogP contribution in [0.15, 0.2) is 11.6 Å². The summed E-state index contributed by atoms with van der Waals surface area (Å²) in [6, 6.07) is 0.715. The number of nitrogens with one attached hydrogen (secondary N) is 1. The summed E-state index contributed by atoms with van der Waals surface area (Å²) in [5.74, 6) is 0. The third-order valence-electron chi connectivity index (χ3n) is 3.72. The van der Waals surface area contributed by atoms with E-state index in [0.29, 0.717) is 6.04 Å². The van der Waals surface area contributed by atoms with E-state index in [1.165, 1.54) is 43.5 Å². The van der Waals surface area contributed by atoms with E-state index < -0.39 is 0 Å². The van der Waals surface area contributed by atoms with Gasteiger partial charge in [-0.05, 0) is 19.8 Å². The molecule has 0 saturated heterocycles. The topological polar surface area (TPSA) is 29.3 Å². The minimum atomic E-state index is 0.715. The normalized spacial score (nSPS) is 17.9. The zero-order valence-electron chi connectivity index (χ0n) is 10.3. The van der Waals surface area contributed by atoms with Crippen LogP contribution in [0.4, 0.5) is 0 Å². The number of aromatic nitrogens is 2. The number of nitrogens with zero attached hydrogens (tertiary/aromatic N) is 2. The van der Waals surface area contributed by atoms with Gasteiger partial charge in [-0.2, -0.15) is 0 Å². The SMILES string of the molecule is Cc1nc2sccn2c1CNC1CCCCC1. The fourth-order valence-corrected chi connectivity index (χ4v) is 3.48. The molecule has 0 aliphatic heterocycles. The zero-order valence-corrected chi connectivity index (χ0v) is 11.1. The van der Waals surface area contributed by atoms with E-state index in [-0.39, 0.29) is 0 Å². The van der Waals surface area contributed by atoms with Crippen molar-refractivity contribution in [3.05, 3.63) is 23.0 Å². The molecule has 17 heavy (non-hydrogen) atoms. The molecule has 1 aliphatic rings. The molecule has 0 amide bonds. The summed E-state index contributed by atoms with van der Waals surface area (Å²) in [6.45, 7) is 3.06. The number of fused-ring (bicyclic) bond motifs is 1. The van der Waals surface area contributed by atoms with Gasteiger partial charge in [0.05, 0.1) is 11.4 Å². The van der Waals surface area contributed by atoms with E-state index >= 15 is 0 Å². The first kappa shape index (κ1) is 11.2. The Morgan fingerprint density at radius 1 is 1.41 bits per heavy atom. The van der Waals surface area contributed by atoms with Gasteiger partial charge in [0.25, 0.3) is 0 Å². The standard InChI is InChI=1S/C13H19N3S/c1-10-12(16-7-8-17-13(16)15-10)9-14-11-5-3-2-4-6-11/h7-8,11,14H,2-6,9H2,1H3. The van der Waals surface area contributed by atoms with Crippen LogP contribution in [-0.4, -0.2) is 15.4 Å². The molecule has 0 spiro atoms. The van der Waals surface area contributed by atoms with Gasteiger partial charge in [-0.1, -0.05) is 19.3 Å². The molecule has 1 saturated carbocycles. The summed E-state index contributed by atoms with van der Waals surface area (Å²) < 4.78 is 2.22. The Labute approximate surface area is 106 Å². The summed E-state index contributed by atoms with van der Waals surface area (Å²) in [5.41, 5.74) is 2.49. The highest BCUT2D eigenvalue weighted by molar-refractivity contribution is 7.15. The van der Waals surface area contributed by atoms with Crippen LogP contribution >= 0.6 is 11.3 Å². The van der Waals surface area contributed by atoms with E-state index in [9.17, 15) is 0 Å². The Kier molecular flexibility index (Phi) is 3.16. The fraction of sp³-hybridized carbons (Fsp3) is 0.615. The van der Waals surface area contributed by atoms with Crippen LogP contribution in [0.3, 0.4) is 0 Å². The summed E-state index contributed by atoms with van der Waals surface area (Å²) in [6.07, 6.45) is 8.99. The first-order valence-corrected chi connectivity index (χ1v) is 7.37. The molecule has 2 aromatic rings. The monoisotopic (exact) mass is 249 g/mol. The second-order valence-corrected chi connectivity index (χ2v) is 5.79. The maximum Gasteiger partial charge on any atom is 0.194 e. The van der Waals surface area contributed by atoms with Gasteiger partial charge in [0.15, 0.2) is 4.96 Å². The highest BCUT2D eigenvalue weighted by atomic mass is 32.1. The molecule has 3 rings (SSSR count). The Morgan fingerprint density at radius 3 is 3.06 bits per heavy atom. The highest BCUT2D eigenvalue weighted by Crippen LogP contribution is 2.20. The minimum absolute atomic E-state index is 0.715. The van der Waals surface area contributed by atoms with Gasteiger partial charge in [0.1, 0.15) is 0 Å². The van der Waals surface area contributed by atoms with Gasteiger partial charge in [0.2, 0.25) is 0 Å².